The lowest BCUT2D eigenvalue weighted by Gasteiger charge is -2.24. The number of hydrogen-bond acceptors (Lipinski definition) is 1. The Labute approximate surface area is 107 Å². The average Bonchev–Trinajstić information content (AvgIpc) is 2.50. The van der Waals surface area contributed by atoms with Crippen molar-refractivity contribution in [2.45, 2.75) is 63.7 Å². The van der Waals surface area contributed by atoms with Crippen LogP contribution in [0.15, 0.2) is 0 Å². The van der Waals surface area contributed by atoms with E-state index in [1.54, 1.807) is 0 Å². The van der Waals surface area contributed by atoms with Gasteiger partial charge in [0.1, 0.15) is 0 Å². The summed E-state index contributed by atoms with van der Waals surface area (Å²) in [5.74, 6) is -3.39. The molecule has 2 fully saturated rings. The van der Waals surface area contributed by atoms with E-state index in [0.717, 1.165) is 32.1 Å². The summed E-state index contributed by atoms with van der Waals surface area (Å²) in [6.07, 6.45) is 5.94. The maximum Gasteiger partial charge on any atom is 0.306 e. The number of hydrogen-bond donors (Lipinski definition) is 1. The first-order chi connectivity index (χ1) is 8.48. The highest BCUT2D eigenvalue weighted by molar-refractivity contribution is 5.70. The molecule has 0 aliphatic heterocycles. The topological polar surface area (TPSA) is 37.3 Å². The molecule has 4 heteroatoms. The van der Waals surface area contributed by atoms with Crippen molar-refractivity contribution in [2.75, 3.05) is 0 Å². The summed E-state index contributed by atoms with van der Waals surface area (Å²) >= 11 is 0. The van der Waals surface area contributed by atoms with Crippen LogP contribution in [-0.4, -0.2) is 17.0 Å². The molecule has 0 aromatic heterocycles. The number of aliphatic carboxylic acids is 1. The minimum absolute atomic E-state index is 0.0118. The monoisotopic (exact) mass is 260 g/mol. The number of halogens is 2. The van der Waals surface area contributed by atoms with Crippen LogP contribution in [0.5, 0.6) is 0 Å². The Balaban J connectivity index is 1.94. The van der Waals surface area contributed by atoms with E-state index in [-0.39, 0.29) is 30.6 Å². The first kappa shape index (κ1) is 13.8. The summed E-state index contributed by atoms with van der Waals surface area (Å²) in [7, 11) is 0. The molecule has 0 amide bonds. The summed E-state index contributed by atoms with van der Waals surface area (Å²) in [5, 5.41) is 9.26. The molecule has 2 aliphatic carbocycles. The highest BCUT2D eigenvalue weighted by Crippen LogP contribution is 2.44. The van der Waals surface area contributed by atoms with Gasteiger partial charge in [-0.25, -0.2) is 8.78 Å². The summed E-state index contributed by atoms with van der Waals surface area (Å²) in [6.45, 7) is 0. The van der Waals surface area contributed by atoms with Gasteiger partial charge in [0.2, 0.25) is 5.92 Å². The third-order valence-corrected chi connectivity index (χ3v) is 4.62. The van der Waals surface area contributed by atoms with Gasteiger partial charge in [-0.05, 0) is 37.5 Å². The Bertz CT molecular complexity index is 304. The van der Waals surface area contributed by atoms with Crippen LogP contribution in [0.2, 0.25) is 0 Å². The van der Waals surface area contributed by atoms with Crippen molar-refractivity contribution in [3.63, 3.8) is 0 Å². The fourth-order valence-electron chi connectivity index (χ4n) is 3.66. The second-order valence-corrected chi connectivity index (χ2v) is 6.04. The number of rotatable bonds is 3. The lowest BCUT2D eigenvalue weighted by molar-refractivity contribution is -0.144. The number of carbonyl (C=O) groups is 1. The molecule has 2 saturated carbocycles. The van der Waals surface area contributed by atoms with Crippen molar-refractivity contribution >= 4 is 5.97 Å². The van der Waals surface area contributed by atoms with Gasteiger partial charge in [-0.2, -0.15) is 0 Å². The SMILES string of the molecule is O=C(O)C1CCCCCC1CC1CCC(F)(F)C1. The van der Waals surface area contributed by atoms with Crippen LogP contribution < -0.4 is 0 Å². The second kappa shape index (κ2) is 5.54. The lowest BCUT2D eigenvalue weighted by atomic mass is 9.81. The van der Waals surface area contributed by atoms with E-state index >= 15 is 0 Å². The molecule has 1 N–H and O–H groups in total. The minimum atomic E-state index is -2.51. The maximum absolute atomic E-state index is 13.2. The molecule has 0 bridgehead atoms. The summed E-state index contributed by atoms with van der Waals surface area (Å²) < 4.78 is 26.3. The quantitative estimate of drug-likeness (QED) is 0.776. The van der Waals surface area contributed by atoms with Crippen molar-refractivity contribution in [1.29, 1.82) is 0 Å². The van der Waals surface area contributed by atoms with Crippen molar-refractivity contribution < 1.29 is 18.7 Å². The fourth-order valence-corrected chi connectivity index (χ4v) is 3.66. The predicted octanol–water partition coefficient (Wildman–Crippen LogP) is 4.09. The van der Waals surface area contributed by atoms with Gasteiger partial charge in [-0.3, -0.25) is 4.79 Å². The molecule has 0 radical (unpaired) electrons. The van der Waals surface area contributed by atoms with Gasteiger partial charge in [0.25, 0.3) is 0 Å². The molecule has 3 atom stereocenters. The molecular formula is C14H22F2O2. The van der Waals surface area contributed by atoms with E-state index in [9.17, 15) is 18.7 Å². The van der Waals surface area contributed by atoms with E-state index < -0.39 is 11.9 Å². The third-order valence-electron chi connectivity index (χ3n) is 4.62. The van der Waals surface area contributed by atoms with E-state index in [1.165, 1.54) is 0 Å². The Morgan fingerprint density at radius 3 is 2.50 bits per heavy atom. The van der Waals surface area contributed by atoms with Crippen molar-refractivity contribution in [2.24, 2.45) is 17.8 Å². The summed E-state index contributed by atoms with van der Waals surface area (Å²) in [5.41, 5.74) is 0. The molecule has 0 aromatic carbocycles. The van der Waals surface area contributed by atoms with Crippen LogP contribution in [-0.2, 0) is 4.79 Å². The summed E-state index contributed by atoms with van der Waals surface area (Å²) in [4.78, 5) is 11.3. The van der Waals surface area contributed by atoms with Gasteiger partial charge < -0.3 is 5.11 Å². The summed E-state index contributed by atoms with van der Waals surface area (Å²) in [6, 6.07) is 0. The third kappa shape index (κ3) is 3.42. The normalized spacial score (nSPS) is 36.2. The first-order valence-corrected chi connectivity index (χ1v) is 7.08. The molecular weight excluding hydrogens is 238 g/mol. The number of carboxylic acid groups (broad SMARTS) is 1. The van der Waals surface area contributed by atoms with Crippen molar-refractivity contribution in [3.05, 3.63) is 0 Å². The Morgan fingerprint density at radius 2 is 1.89 bits per heavy atom. The van der Waals surface area contributed by atoms with Gasteiger partial charge in [0.15, 0.2) is 0 Å². The van der Waals surface area contributed by atoms with Gasteiger partial charge >= 0.3 is 5.97 Å². The van der Waals surface area contributed by atoms with Crippen LogP contribution >= 0.6 is 0 Å². The molecule has 2 aliphatic rings. The van der Waals surface area contributed by atoms with Crippen LogP contribution in [0.1, 0.15) is 57.8 Å². The molecule has 18 heavy (non-hydrogen) atoms. The first-order valence-electron chi connectivity index (χ1n) is 7.08. The smallest absolute Gasteiger partial charge is 0.306 e. The highest BCUT2D eigenvalue weighted by Gasteiger charge is 2.41. The standard InChI is InChI=1S/C14H22F2O2/c15-14(16)7-6-10(9-14)8-11-4-2-1-3-5-12(11)13(17)18/h10-12H,1-9H2,(H,17,18). The largest absolute Gasteiger partial charge is 0.481 e. The maximum atomic E-state index is 13.2. The number of carboxylic acids is 1. The molecule has 3 unspecified atom stereocenters. The molecule has 0 aromatic rings. The van der Waals surface area contributed by atoms with Gasteiger partial charge in [-0.1, -0.05) is 19.3 Å². The zero-order chi connectivity index (χ0) is 13.2. The van der Waals surface area contributed by atoms with Gasteiger partial charge in [0, 0.05) is 12.8 Å². The molecule has 104 valence electrons. The molecule has 0 spiro atoms. The zero-order valence-electron chi connectivity index (χ0n) is 10.7. The second-order valence-electron chi connectivity index (χ2n) is 6.04. The van der Waals surface area contributed by atoms with E-state index in [0.29, 0.717) is 12.8 Å². The van der Waals surface area contributed by atoms with Crippen LogP contribution in [0.4, 0.5) is 8.78 Å². The van der Waals surface area contributed by atoms with E-state index in [2.05, 4.69) is 0 Å². The highest BCUT2D eigenvalue weighted by atomic mass is 19.3. The Hall–Kier alpha value is -0.670. The van der Waals surface area contributed by atoms with Crippen LogP contribution in [0.25, 0.3) is 0 Å². The predicted molar refractivity (Wildman–Crippen MR) is 64.6 cm³/mol. The van der Waals surface area contributed by atoms with Crippen molar-refractivity contribution in [1.82, 2.24) is 0 Å². The zero-order valence-corrected chi connectivity index (χ0v) is 10.7. The Kier molecular flexibility index (Phi) is 4.23. The van der Waals surface area contributed by atoms with Gasteiger partial charge in [-0.15, -0.1) is 0 Å². The molecule has 2 nitrogen and oxygen atoms in total. The Morgan fingerprint density at radius 1 is 1.17 bits per heavy atom. The molecule has 0 saturated heterocycles. The van der Waals surface area contributed by atoms with Crippen LogP contribution in [0.3, 0.4) is 0 Å². The van der Waals surface area contributed by atoms with E-state index in [1.807, 2.05) is 0 Å². The van der Waals surface area contributed by atoms with Crippen molar-refractivity contribution in [3.8, 4) is 0 Å². The molecule has 0 heterocycles. The molecule has 2 rings (SSSR count). The number of alkyl halides is 2. The minimum Gasteiger partial charge on any atom is -0.481 e. The van der Waals surface area contributed by atoms with Gasteiger partial charge in [0.05, 0.1) is 5.92 Å². The van der Waals surface area contributed by atoms with Crippen LogP contribution in [0, 0.1) is 17.8 Å². The average molecular weight is 260 g/mol. The lowest BCUT2D eigenvalue weighted by Crippen LogP contribution is -2.24. The fraction of sp³-hybridized carbons (Fsp3) is 0.929. The van der Waals surface area contributed by atoms with E-state index in [4.69, 9.17) is 0 Å².